The van der Waals surface area contributed by atoms with Gasteiger partial charge < -0.3 is 59.8 Å². The number of hydrogen-bond donors (Lipinski definition) is 9. The zero-order valence-electron chi connectivity index (χ0n) is 17.3. The van der Waals surface area contributed by atoms with Gasteiger partial charge in [0.2, 0.25) is 12.0 Å². The van der Waals surface area contributed by atoms with E-state index in [1.54, 1.807) is 0 Å². The van der Waals surface area contributed by atoms with Crippen LogP contribution in [-0.4, -0.2) is 82.6 Å². The van der Waals surface area contributed by atoms with Crippen LogP contribution in [0.4, 0.5) is 0 Å². The Morgan fingerprint density at radius 3 is 2.06 bits per heavy atom. The lowest BCUT2D eigenvalue weighted by Crippen LogP contribution is -2.61. The minimum Gasteiger partial charge on any atom is -0.507 e. The lowest BCUT2D eigenvalue weighted by Gasteiger charge is -2.38. The van der Waals surface area contributed by atoms with Gasteiger partial charge in [-0.3, -0.25) is 4.79 Å². The maximum absolute atomic E-state index is 12.6. The number of aliphatic hydroxyl groups excluding tert-OH is 3. The quantitative estimate of drug-likeness (QED) is 0.160. The first-order chi connectivity index (χ1) is 16.4. The molecule has 0 radical (unpaired) electrons. The average molecular weight is 494 g/mol. The first kappa shape index (κ1) is 23.9. The van der Waals surface area contributed by atoms with Gasteiger partial charge in [-0.25, -0.2) is 4.79 Å². The highest BCUT2D eigenvalue weighted by atomic mass is 16.7. The smallest absolute Gasteiger partial charge is 0.335 e. The number of carbonyl (C=O) groups is 1. The van der Waals surface area contributed by atoms with Crippen LogP contribution in [0.3, 0.4) is 0 Å². The van der Waals surface area contributed by atoms with Gasteiger partial charge in [0.1, 0.15) is 35.2 Å². The molecule has 2 aromatic carbocycles. The van der Waals surface area contributed by atoms with Crippen molar-refractivity contribution in [2.75, 3.05) is 0 Å². The van der Waals surface area contributed by atoms with E-state index in [2.05, 4.69) is 0 Å². The molecule has 3 aromatic rings. The summed E-state index contributed by atoms with van der Waals surface area (Å²) in [5.41, 5.74) is -1.62. The third-order valence-corrected chi connectivity index (χ3v) is 5.33. The molecule has 0 bridgehead atoms. The SMILES string of the molecule is O=C(O)C1OC(Oc2cc(O)c3c(=O)cc(-c4cc(O)c(O)c(O)c4)oc3c2O)C(O)C(O)C1O. The molecule has 1 fully saturated rings. The van der Waals surface area contributed by atoms with E-state index in [-0.39, 0.29) is 11.3 Å². The van der Waals surface area contributed by atoms with Crippen molar-refractivity contribution in [1.82, 2.24) is 0 Å². The van der Waals surface area contributed by atoms with Gasteiger partial charge in [0.05, 0.1) is 0 Å². The van der Waals surface area contributed by atoms with E-state index < -0.39 is 87.6 Å². The van der Waals surface area contributed by atoms with E-state index in [0.29, 0.717) is 0 Å². The molecule has 1 aromatic heterocycles. The fraction of sp³-hybridized carbons (Fsp3) is 0.238. The van der Waals surface area contributed by atoms with E-state index in [9.17, 15) is 50.4 Å². The minimum atomic E-state index is -2.01. The summed E-state index contributed by atoms with van der Waals surface area (Å²) in [5, 5.41) is 88.4. The molecular weight excluding hydrogens is 476 g/mol. The number of hydrogen-bond acceptors (Lipinski definition) is 13. The topological polar surface area (TPSA) is 248 Å². The lowest BCUT2D eigenvalue weighted by molar-refractivity contribution is -0.271. The molecule has 1 aliphatic rings. The van der Waals surface area contributed by atoms with Crippen molar-refractivity contribution in [1.29, 1.82) is 0 Å². The van der Waals surface area contributed by atoms with E-state index in [1.807, 2.05) is 0 Å². The van der Waals surface area contributed by atoms with Gasteiger partial charge in [0, 0.05) is 17.7 Å². The first-order valence-electron chi connectivity index (χ1n) is 9.78. The van der Waals surface area contributed by atoms with Gasteiger partial charge in [-0.2, -0.15) is 0 Å². The molecule has 0 spiro atoms. The maximum atomic E-state index is 12.6. The normalized spacial score (nSPS) is 24.4. The molecule has 186 valence electrons. The number of carboxylic acid groups (broad SMARTS) is 1. The largest absolute Gasteiger partial charge is 0.507 e. The minimum absolute atomic E-state index is 0.102. The number of carboxylic acids is 1. The summed E-state index contributed by atoms with van der Waals surface area (Å²) >= 11 is 0. The third kappa shape index (κ3) is 4.00. The fourth-order valence-corrected chi connectivity index (χ4v) is 3.53. The summed E-state index contributed by atoms with van der Waals surface area (Å²) in [6.07, 6.45) is -9.95. The molecule has 35 heavy (non-hydrogen) atoms. The Kier molecular flexibility index (Phi) is 5.82. The highest BCUT2D eigenvalue weighted by Crippen LogP contribution is 2.43. The van der Waals surface area contributed by atoms with Crippen LogP contribution in [0.2, 0.25) is 0 Å². The van der Waals surface area contributed by atoms with Gasteiger partial charge in [-0.1, -0.05) is 0 Å². The predicted octanol–water partition coefficient (Wildman–Crippen LogP) is -0.741. The molecule has 14 heteroatoms. The van der Waals surface area contributed by atoms with Gasteiger partial charge in [-0.05, 0) is 12.1 Å². The number of benzene rings is 2. The Balaban J connectivity index is 1.80. The molecular formula is C21H18O14. The van der Waals surface area contributed by atoms with Crippen LogP contribution in [0.15, 0.2) is 33.5 Å². The lowest BCUT2D eigenvalue weighted by atomic mass is 9.99. The summed E-state index contributed by atoms with van der Waals surface area (Å²) in [4.78, 5) is 23.9. The van der Waals surface area contributed by atoms with E-state index >= 15 is 0 Å². The van der Waals surface area contributed by atoms with Crippen molar-refractivity contribution in [2.24, 2.45) is 0 Å². The Morgan fingerprint density at radius 2 is 1.46 bits per heavy atom. The van der Waals surface area contributed by atoms with E-state index in [4.69, 9.17) is 19.0 Å². The molecule has 9 N–H and O–H groups in total. The maximum Gasteiger partial charge on any atom is 0.335 e. The number of ether oxygens (including phenoxy) is 2. The molecule has 0 amide bonds. The highest BCUT2D eigenvalue weighted by Gasteiger charge is 2.48. The Morgan fingerprint density at radius 1 is 0.829 bits per heavy atom. The zero-order chi connectivity index (χ0) is 25.8. The fourth-order valence-electron chi connectivity index (χ4n) is 3.53. The summed E-state index contributed by atoms with van der Waals surface area (Å²) in [6, 6.07) is 3.51. The van der Waals surface area contributed by atoms with Crippen molar-refractivity contribution in [3.8, 4) is 45.8 Å². The molecule has 0 aliphatic carbocycles. The van der Waals surface area contributed by atoms with E-state index in [1.165, 1.54) is 0 Å². The Bertz CT molecular complexity index is 1360. The Hall–Kier alpha value is -4.24. The van der Waals surface area contributed by atoms with E-state index in [0.717, 1.165) is 24.3 Å². The van der Waals surface area contributed by atoms with Crippen LogP contribution >= 0.6 is 0 Å². The summed E-state index contributed by atoms with van der Waals surface area (Å²) in [5.74, 6) is -6.66. The monoisotopic (exact) mass is 494 g/mol. The van der Waals surface area contributed by atoms with Gasteiger partial charge in [0.15, 0.2) is 40.1 Å². The van der Waals surface area contributed by atoms with Gasteiger partial charge >= 0.3 is 5.97 Å². The number of phenolic OH excluding ortho intramolecular Hbond substituents is 5. The van der Waals surface area contributed by atoms with Crippen LogP contribution in [-0.2, 0) is 9.53 Å². The molecule has 1 saturated heterocycles. The van der Waals surface area contributed by atoms with Crippen molar-refractivity contribution in [2.45, 2.75) is 30.7 Å². The number of aliphatic carboxylic acids is 1. The first-order valence-corrected chi connectivity index (χ1v) is 9.78. The van der Waals surface area contributed by atoms with Crippen molar-refractivity contribution < 1.29 is 64.6 Å². The average Bonchev–Trinajstić information content (AvgIpc) is 2.79. The molecule has 14 nitrogen and oxygen atoms in total. The molecule has 5 atom stereocenters. The number of aliphatic hydroxyl groups is 3. The van der Waals surface area contributed by atoms with Crippen molar-refractivity contribution >= 4 is 16.9 Å². The third-order valence-electron chi connectivity index (χ3n) is 5.33. The summed E-state index contributed by atoms with van der Waals surface area (Å²) < 4.78 is 15.7. The van der Waals surface area contributed by atoms with Crippen LogP contribution in [0.25, 0.3) is 22.3 Å². The molecule has 1 aliphatic heterocycles. The van der Waals surface area contributed by atoms with Crippen molar-refractivity contribution in [3.05, 3.63) is 34.5 Å². The van der Waals surface area contributed by atoms with Gasteiger partial charge in [-0.15, -0.1) is 0 Å². The number of rotatable bonds is 4. The summed E-state index contributed by atoms with van der Waals surface area (Å²) in [6.45, 7) is 0. The highest BCUT2D eigenvalue weighted by molar-refractivity contribution is 5.91. The number of fused-ring (bicyclic) bond motifs is 1. The molecule has 0 saturated carbocycles. The standard InChI is InChI=1S/C21H18O14/c22-6-3-10(5-1-8(24)13(26)9(25)2-5)33-18-12(6)7(23)4-11(14(18)27)34-21-17(30)15(28)16(29)19(35-21)20(31)32/h1-4,15-17,19,21,23-30H,(H,31,32). The number of phenols is 5. The summed E-state index contributed by atoms with van der Waals surface area (Å²) in [7, 11) is 0. The van der Waals surface area contributed by atoms with Crippen molar-refractivity contribution in [3.63, 3.8) is 0 Å². The molecule has 2 heterocycles. The van der Waals surface area contributed by atoms with Crippen LogP contribution in [0, 0.1) is 0 Å². The molecule has 5 unspecified atom stereocenters. The van der Waals surface area contributed by atoms with Gasteiger partial charge in [0.25, 0.3) is 0 Å². The number of aromatic hydroxyl groups is 5. The van der Waals surface area contributed by atoms with Crippen LogP contribution < -0.4 is 10.2 Å². The zero-order valence-corrected chi connectivity index (χ0v) is 17.3. The second-order valence-corrected chi connectivity index (χ2v) is 7.64. The molecule has 4 rings (SSSR count). The second kappa shape index (κ2) is 8.52. The second-order valence-electron chi connectivity index (χ2n) is 7.64. The predicted molar refractivity (Wildman–Crippen MR) is 111 cm³/mol. The van der Waals surface area contributed by atoms with Crippen LogP contribution in [0.5, 0.6) is 34.5 Å². The van der Waals surface area contributed by atoms with Crippen LogP contribution in [0.1, 0.15) is 0 Å². The Labute approximate surface area is 193 Å².